The van der Waals surface area contributed by atoms with Crippen LogP contribution in [0.1, 0.15) is 28.3 Å². The summed E-state index contributed by atoms with van der Waals surface area (Å²) in [5, 5.41) is 22.7. The molecule has 0 bridgehead atoms. The van der Waals surface area contributed by atoms with Crippen LogP contribution in [-0.2, 0) is 5.60 Å². The van der Waals surface area contributed by atoms with Crippen molar-refractivity contribution >= 4 is 21.6 Å². The van der Waals surface area contributed by atoms with Crippen LogP contribution in [0.25, 0.3) is 0 Å². The van der Waals surface area contributed by atoms with Gasteiger partial charge in [0, 0.05) is 21.3 Å². The lowest BCUT2D eigenvalue weighted by Crippen LogP contribution is -2.37. The molecular formula is C27H22BrNO2. The molecule has 3 nitrogen and oxygen atoms in total. The Balaban J connectivity index is 1.69. The molecule has 0 aliphatic carbocycles. The first kappa shape index (κ1) is 19.9. The molecular weight excluding hydrogens is 450 g/mol. The molecule has 1 aliphatic rings. The Morgan fingerprint density at radius 1 is 0.742 bits per heavy atom. The highest BCUT2D eigenvalue weighted by Gasteiger charge is 2.46. The van der Waals surface area contributed by atoms with Crippen LogP contribution in [0, 0.1) is 0 Å². The van der Waals surface area contributed by atoms with Crippen LogP contribution < -0.4 is 4.90 Å². The number of rotatable bonds is 4. The van der Waals surface area contributed by atoms with E-state index in [1.807, 2.05) is 66.7 Å². The number of halogens is 1. The van der Waals surface area contributed by atoms with E-state index in [1.54, 1.807) is 12.1 Å². The lowest BCUT2D eigenvalue weighted by molar-refractivity contribution is 0.0941. The molecule has 0 saturated heterocycles. The number of β-amino-alcohol motifs (C(OH)–C–C–N with tert-alkyl or cyclic N) is 1. The molecule has 2 N–H and O–H groups in total. The Labute approximate surface area is 190 Å². The van der Waals surface area contributed by atoms with Gasteiger partial charge < -0.3 is 15.1 Å². The summed E-state index contributed by atoms with van der Waals surface area (Å²) >= 11 is 3.40. The molecule has 4 aromatic carbocycles. The first-order chi connectivity index (χ1) is 15.1. The highest BCUT2D eigenvalue weighted by molar-refractivity contribution is 9.10. The smallest absolute Gasteiger partial charge is 0.138 e. The summed E-state index contributed by atoms with van der Waals surface area (Å²) in [4.78, 5) is 2.24. The average molecular weight is 472 g/mol. The highest BCUT2D eigenvalue weighted by atomic mass is 79.9. The van der Waals surface area contributed by atoms with Crippen molar-refractivity contribution in [3.63, 3.8) is 0 Å². The van der Waals surface area contributed by atoms with E-state index in [0.29, 0.717) is 12.1 Å². The van der Waals surface area contributed by atoms with Gasteiger partial charge in [0.25, 0.3) is 0 Å². The van der Waals surface area contributed by atoms with Crippen molar-refractivity contribution < 1.29 is 10.2 Å². The first-order valence-electron chi connectivity index (χ1n) is 10.3. The zero-order chi connectivity index (χ0) is 21.4. The molecule has 0 saturated carbocycles. The van der Waals surface area contributed by atoms with Crippen molar-refractivity contribution in [1.82, 2.24) is 0 Å². The molecule has 0 amide bonds. The third-order valence-corrected chi connectivity index (χ3v) is 6.50. The predicted octanol–water partition coefficient (Wildman–Crippen LogP) is 6.00. The number of phenolic OH excluding ortho intramolecular Hbond substituents is 1. The zero-order valence-electron chi connectivity index (χ0n) is 16.8. The van der Waals surface area contributed by atoms with Gasteiger partial charge in [-0.3, -0.25) is 0 Å². The molecule has 31 heavy (non-hydrogen) atoms. The van der Waals surface area contributed by atoms with Crippen molar-refractivity contribution in [2.24, 2.45) is 0 Å². The van der Waals surface area contributed by atoms with Gasteiger partial charge in [0.05, 0.1) is 12.6 Å². The third-order valence-electron chi connectivity index (χ3n) is 6.01. The monoisotopic (exact) mass is 471 g/mol. The van der Waals surface area contributed by atoms with Crippen molar-refractivity contribution in [1.29, 1.82) is 0 Å². The van der Waals surface area contributed by atoms with Crippen molar-refractivity contribution in [2.75, 3.05) is 11.4 Å². The fourth-order valence-electron chi connectivity index (χ4n) is 4.63. The second-order valence-corrected chi connectivity index (χ2v) is 8.81. The lowest BCUT2D eigenvalue weighted by atomic mass is 9.87. The fourth-order valence-corrected chi connectivity index (χ4v) is 4.98. The first-order valence-corrected chi connectivity index (χ1v) is 11.0. The number of anilines is 1. The minimum atomic E-state index is -1.33. The maximum Gasteiger partial charge on any atom is 0.138 e. The number of benzene rings is 4. The maximum atomic E-state index is 12.0. The highest BCUT2D eigenvalue weighted by Crippen LogP contribution is 2.49. The number of fused-ring (bicyclic) bond motifs is 1. The second-order valence-electron chi connectivity index (χ2n) is 7.89. The summed E-state index contributed by atoms with van der Waals surface area (Å²) in [5.74, 6) is 0.0736. The number of hydrogen-bond donors (Lipinski definition) is 2. The predicted molar refractivity (Wildman–Crippen MR) is 127 cm³/mol. The van der Waals surface area contributed by atoms with E-state index >= 15 is 0 Å². The summed E-state index contributed by atoms with van der Waals surface area (Å²) in [7, 11) is 0. The molecule has 1 unspecified atom stereocenters. The minimum absolute atomic E-state index is 0.0736. The standard InChI is InChI=1S/C27H22BrNO2/c28-21-15-16-23(25(30)17-21)27(31)18-29(24-14-8-7-13-22(24)27)26(19-9-3-1-4-10-19)20-11-5-2-6-12-20/h1-17,26,30-31H,18H2. The molecule has 4 heteroatoms. The van der Waals surface area contributed by atoms with E-state index in [2.05, 4.69) is 45.1 Å². The van der Waals surface area contributed by atoms with Crippen LogP contribution in [-0.4, -0.2) is 16.8 Å². The van der Waals surface area contributed by atoms with Gasteiger partial charge in [0.1, 0.15) is 11.4 Å². The number of aromatic hydroxyl groups is 1. The molecule has 5 rings (SSSR count). The molecule has 0 spiro atoms. The van der Waals surface area contributed by atoms with E-state index < -0.39 is 5.60 Å². The average Bonchev–Trinajstić information content (AvgIpc) is 3.09. The van der Waals surface area contributed by atoms with Crippen LogP contribution >= 0.6 is 15.9 Å². The Morgan fingerprint density at radius 3 is 1.94 bits per heavy atom. The zero-order valence-corrected chi connectivity index (χ0v) is 18.4. The topological polar surface area (TPSA) is 43.7 Å². The van der Waals surface area contributed by atoms with Gasteiger partial charge in [-0.25, -0.2) is 0 Å². The van der Waals surface area contributed by atoms with E-state index in [9.17, 15) is 10.2 Å². The molecule has 154 valence electrons. The minimum Gasteiger partial charge on any atom is -0.508 e. The fraction of sp³-hybridized carbons (Fsp3) is 0.111. The Kier molecular flexibility index (Phi) is 5.05. The normalized spacial score (nSPS) is 17.7. The van der Waals surface area contributed by atoms with Crippen LogP contribution in [0.15, 0.2) is 108 Å². The Hall–Kier alpha value is -3.08. The van der Waals surface area contributed by atoms with Gasteiger partial charge in [-0.05, 0) is 29.3 Å². The summed E-state index contributed by atoms with van der Waals surface area (Å²) in [6, 6.07) is 33.8. The number of aliphatic hydroxyl groups is 1. The molecule has 1 atom stereocenters. The molecule has 4 aromatic rings. The summed E-state index contributed by atoms with van der Waals surface area (Å²) in [6.45, 7) is 0.329. The largest absolute Gasteiger partial charge is 0.508 e. The molecule has 0 fully saturated rings. The number of para-hydroxylation sites is 1. The van der Waals surface area contributed by atoms with E-state index in [1.165, 1.54) is 0 Å². The third kappa shape index (κ3) is 3.42. The Morgan fingerprint density at radius 2 is 1.32 bits per heavy atom. The van der Waals surface area contributed by atoms with E-state index in [0.717, 1.165) is 26.9 Å². The van der Waals surface area contributed by atoms with Crippen LogP contribution in [0.5, 0.6) is 5.75 Å². The van der Waals surface area contributed by atoms with Crippen molar-refractivity contribution in [3.8, 4) is 5.75 Å². The molecule has 1 aliphatic heterocycles. The number of hydrogen-bond acceptors (Lipinski definition) is 3. The van der Waals surface area contributed by atoms with Gasteiger partial charge in [0.2, 0.25) is 0 Å². The van der Waals surface area contributed by atoms with Crippen molar-refractivity contribution in [3.05, 3.63) is 130 Å². The summed E-state index contributed by atoms with van der Waals surface area (Å²) in [5.41, 5.74) is 3.23. The summed E-state index contributed by atoms with van der Waals surface area (Å²) in [6.07, 6.45) is 0. The molecule has 1 heterocycles. The van der Waals surface area contributed by atoms with Gasteiger partial charge in [-0.1, -0.05) is 101 Å². The van der Waals surface area contributed by atoms with Gasteiger partial charge in [0.15, 0.2) is 0 Å². The molecule has 0 radical (unpaired) electrons. The maximum absolute atomic E-state index is 12.0. The van der Waals surface area contributed by atoms with Gasteiger partial charge in [-0.2, -0.15) is 0 Å². The quantitative estimate of drug-likeness (QED) is 0.383. The second kappa shape index (κ2) is 7.88. The van der Waals surface area contributed by atoms with E-state index in [4.69, 9.17) is 0 Å². The van der Waals surface area contributed by atoms with Gasteiger partial charge >= 0.3 is 0 Å². The number of phenols is 1. The molecule has 0 aromatic heterocycles. The van der Waals surface area contributed by atoms with Crippen LogP contribution in [0.3, 0.4) is 0 Å². The van der Waals surface area contributed by atoms with Crippen molar-refractivity contribution in [2.45, 2.75) is 11.6 Å². The van der Waals surface area contributed by atoms with Gasteiger partial charge in [-0.15, -0.1) is 0 Å². The van der Waals surface area contributed by atoms with E-state index in [-0.39, 0.29) is 11.8 Å². The summed E-state index contributed by atoms with van der Waals surface area (Å²) < 4.78 is 0.770. The van der Waals surface area contributed by atoms with Crippen LogP contribution in [0.4, 0.5) is 5.69 Å². The SMILES string of the molecule is Oc1cc(Br)ccc1C1(O)CN(C(c2ccccc2)c2ccccc2)c2ccccc21. The van der Waals surface area contributed by atoms with Crippen LogP contribution in [0.2, 0.25) is 0 Å². The Bertz CT molecular complexity index is 1170. The lowest BCUT2D eigenvalue weighted by Gasteiger charge is -2.33. The number of nitrogens with zero attached hydrogens (tertiary/aromatic N) is 1.